The number of anilines is 1. The highest BCUT2D eigenvalue weighted by molar-refractivity contribution is 7.90. The number of carbonyl (C=O) groups is 1. The van der Waals surface area contributed by atoms with Crippen molar-refractivity contribution in [2.24, 2.45) is 0 Å². The van der Waals surface area contributed by atoms with Crippen LogP contribution in [0.2, 0.25) is 0 Å². The predicted octanol–water partition coefficient (Wildman–Crippen LogP) is 3.16. The van der Waals surface area contributed by atoms with E-state index in [1.807, 2.05) is 0 Å². The monoisotopic (exact) mass is 431 g/mol. The second-order valence-corrected chi connectivity index (χ2v) is 8.77. The molecule has 1 aromatic heterocycles. The molecule has 0 spiro atoms. The molecule has 158 valence electrons. The summed E-state index contributed by atoms with van der Waals surface area (Å²) in [7, 11) is -1.17. The number of carbonyl (C=O) groups excluding carboxylic acids is 1. The molecule has 0 radical (unpaired) electrons. The zero-order chi connectivity index (χ0) is 21.7. The lowest BCUT2D eigenvalue weighted by atomic mass is 10.1. The molecule has 1 N–H and O–H groups in total. The van der Waals surface area contributed by atoms with Crippen LogP contribution >= 0.6 is 0 Å². The molecule has 0 fully saturated rings. The van der Waals surface area contributed by atoms with Gasteiger partial charge in [0, 0.05) is 19.7 Å². The van der Waals surface area contributed by atoms with Crippen molar-refractivity contribution in [2.45, 2.75) is 13.1 Å². The van der Waals surface area contributed by atoms with Gasteiger partial charge < -0.3 is 9.73 Å². The SMILES string of the molecule is CN(C)S(=O)(=O)N(Cc1ccc(C(=O)NCc2ccco2)cc1)c1ccccc1F. The molecule has 0 unspecified atom stereocenters. The molecule has 9 heteroatoms. The highest BCUT2D eigenvalue weighted by Crippen LogP contribution is 2.25. The lowest BCUT2D eigenvalue weighted by Gasteiger charge is -2.27. The number of hydrogen-bond donors (Lipinski definition) is 1. The number of rotatable bonds is 8. The topological polar surface area (TPSA) is 82.9 Å². The van der Waals surface area contributed by atoms with E-state index in [2.05, 4.69) is 5.32 Å². The van der Waals surface area contributed by atoms with Crippen LogP contribution in [0.3, 0.4) is 0 Å². The minimum atomic E-state index is -3.94. The van der Waals surface area contributed by atoms with Crippen molar-refractivity contribution in [1.29, 1.82) is 0 Å². The van der Waals surface area contributed by atoms with Gasteiger partial charge in [-0.2, -0.15) is 12.7 Å². The second-order valence-electron chi connectivity index (χ2n) is 6.71. The molecule has 0 aliphatic heterocycles. The van der Waals surface area contributed by atoms with Crippen LogP contribution in [0.15, 0.2) is 71.3 Å². The van der Waals surface area contributed by atoms with Crippen LogP contribution in [-0.2, 0) is 23.3 Å². The first-order valence-electron chi connectivity index (χ1n) is 9.13. The fourth-order valence-corrected chi connectivity index (χ4v) is 3.86. The molecule has 0 bridgehead atoms. The summed E-state index contributed by atoms with van der Waals surface area (Å²) in [4.78, 5) is 12.3. The number of halogens is 1. The summed E-state index contributed by atoms with van der Waals surface area (Å²) < 4.78 is 47.1. The van der Waals surface area contributed by atoms with Gasteiger partial charge in [0.05, 0.1) is 25.0 Å². The molecular weight excluding hydrogens is 409 g/mol. The first kappa shape index (κ1) is 21.5. The third kappa shape index (κ3) is 4.87. The second kappa shape index (κ2) is 9.10. The van der Waals surface area contributed by atoms with E-state index >= 15 is 0 Å². The Kier molecular flexibility index (Phi) is 6.53. The van der Waals surface area contributed by atoms with E-state index < -0.39 is 16.0 Å². The summed E-state index contributed by atoms with van der Waals surface area (Å²) in [5.74, 6) is -0.295. The van der Waals surface area contributed by atoms with Gasteiger partial charge in [0.2, 0.25) is 0 Å². The van der Waals surface area contributed by atoms with Crippen molar-refractivity contribution in [1.82, 2.24) is 9.62 Å². The molecule has 0 aliphatic rings. The maximum absolute atomic E-state index is 14.3. The van der Waals surface area contributed by atoms with E-state index in [0.717, 1.165) is 8.61 Å². The molecule has 1 amide bonds. The molecule has 1 heterocycles. The van der Waals surface area contributed by atoms with E-state index in [-0.39, 0.29) is 24.7 Å². The number of para-hydroxylation sites is 1. The van der Waals surface area contributed by atoms with Gasteiger partial charge in [-0.25, -0.2) is 4.39 Å². The largest absolute Gasteiger partial charge is 0.467 e. The number of nitrogens with zero attached hydrogens (tertiary/aromatic N) is 2. The van der Waals surface area contributed by atoms with Gasteiger partial charge in [0.1, 0.15) is 11.6 Å². The first-order valence-corrected chi connectivity index (χ1v) is 10.5. The van der Waals surface area contributed by atoms with Crippen LogP contribution in [0.25, 0.3) is 0 Å². The molecule has 0 aliphatic carbocycles. The van der Waals surface area contributed by atoms with Crippen molar-refractivity contribution in [3.8, 4) is 0 Å². The lowest BCUT2D eigenvalue weighted by Crippen LogP contribution is -2.40. The van der Waals surface area contributed by atoms with Crippen molar-refractivity contribution in [2.75, 3.05) is 18.4 Å². The molecule has 0 atom stereocenters. The Hall–Kier alpha value is -3.17. The molecule has 3 rings (SSSR count). The zero-order valence-electron chi connectivity index (χ0n) is 16.6. The Morgan fingerprint density at radius 3 is 2.33 bits per heavy atom. The van der Waals surface area contributed by atoms with Crippen LogP contribution in [0.4, 0.5) is 10.1 Å². The van der Waals surface area contributed by atoms with Crippen LogP contribution < -0.4 is 9.62 Å². The highest BCUT2D eigenvalue weighted by atomic mass is 32.2. The zero-order valence-corrected chi connectivity index (χ0v) is 17.4. The average Bonchev–Trinajstić information content (AvgIpc) is 3.25. The minimum Gasteiger partial charge on any atom is -0.467 e. The van der Waals surface area contributed by atoms with Gasteiger partial charge in [0.15, 0.2) is 0 Å². The summed E-state index contributed by atoms with van der Waals surface area (Å²) in [6, 6.07) is 15.6. The van der Waals surface area contributed by atoms with Gasteiger partial charge in [0.25, 0.3) is 5.91 Å². The third-order valence-electron chi connectivity index (χ3n) is 4.41. The van der Waals surface area contributed by atoms with Crippen molar-refractivity contribution in [3.05, 3.63) is 89.6 Å². The van der Waals surface area contributed by atoms with Crippen LogP contribution in [0.5, 0.6) is 0 Å². The van der Waals surface area contributed by atoms with Crippen molar-refractivity contribution < 1.29 is 22.0 Å². The molecule has 0 saturated heterocycles. The molecule has 2 aromatic carbocycles. The van der Waals surface area contributed by atoms with Crippen molar-refractivity contribution in [3.63, 3.8) is 0 Å². The maximum atomic E-state index is 14.3. The van der Waals surface area contributed by atoms with Gasteiger partial charge in [-0.05, 0) is 42.0 Å². The molecular formula is C21H22FN3O4S. The number of furan rings is 1. The van der Waals surface area contributed by atoms with Gasteiger partial charge >= 0.3 is 10.2 Å². The molecule has 30 heavy (non-hydrogen) atoms. The van der Waals surface area contributed by atoms with Crippen LogP contribution in [0, 0.1) is 5.82 Å². The predicted molar refractivity (Wildman–Crippen MR) is 112 cm³/mol. The number of benzene rings is 2. The van der Waals surface area contributed by atoms with E-state index in [9.17, 15) is 17.6 Å². The van der Waals surface area contributed by atoms with Gasteiger partial charge in [-0.15, -0.1) is 0 Å². The van der Waals surface area contributed by atoms with E-state index in [4.69, 9.17) is 4.42 Å². The Balaban J connectivity index is 1.78. The molecule has 3 aromatic rings. The number of amides is 1. The fraction of sp³-hybridized carbons (Fsp3) is 0.190. The van der Waals surface area contributed by atoms with Crippen LogP contribution in [-0.4, -0.2) is 32.7 Å². The summed E-state index contributed by atoms with van der Waals surface area (Å²) >= 11 is 0. The maximum Gasteiger partial charge on any atom is 0.303 e. The standard InChI is InChI=1S/C21H22FN3O4S/c1-24(2)30(27,28)25(20-8-4-3-7-19(20)22)15-16-9-11-17(12-10-16)21(26)23-14-18-6-5-13-29-18/h3-13H,14-15H2,1-2H3,(H,23,26). The van der Waals surface area contributed by atoms with E-state index in [1.165, 1.54) is 38.6 Å². The molecule has 0 saturated carbocycles. The fourth-order valence-electron chi connectivity index (χ4n) is 2.75. The Bertz CT molecular complexity index is 1100. The van der Waals surface area contributed by atoms with Gasteiger partial charge in [-0.1, -0.05) is 24.3 Å². The Labute approximate surface area is 174 Å². The number of hydrogen-bond acceptors (Lipinski definition) is 4. The first-order chi connectivity index (χ1) is 14.3. The van der Waals surface area contributed by atoms with Gasteiger partial charge in [-0.3, -0.25) is 9.10 Å². The minimum absolute atomic E-state index is 0.0496. The third-order valence-corrected chi connectivity index (χ3v) is 6.21. The number of nitrogens with one attached hydrogen (secondary N) is 1. The average molecular weight is 431 g/mol. The van der Waals surface area contributed by atoms with Crippen LogP contribution in [0.1, 0.15) is 21.7 Å². The Morgan fingerprint density at radius 2 is 1.73 bits per heavy atom. The summed E-state index contributed by atoms with van der Waals surface area (Å²) in [5, 5.41) is 2.74. The summed E-state index contributed by atoms with van der Waals surface area (Å²) in [6.45, 7) is 0.172. The summed E-state index contributed by atoms with van der Waals surface area (Å²) in [6.07, 6.45) is 1.53. The normalized spacial score (nSPS) is 11.5. The lowest BCUT2D eigenvalue weighted by molar-refractivity contribution is 0.0948. The van der Waals surface area contributed by atoms with Crippen molar-refractivity contribution >= 4 is 21.8 Å². The quantitative estimate of drug-likeness (QED) is 0.594. The smallest absolute Gasteiger partial charge is 0.303 e. The molecule has 7 nitrogen and oxygen atoms in total. The van der Waals surface area contributed by atoms with E-state index in [0.29, 0.717) is 16.9 Å². The van der Waals surface area contributed by atoms with E-state index in [1.54, 1.807) is 42.5 Å². The Morgan fingerprint density at radius 1 is 1.03 bits per heavy atom. The highest BCUT2D eigenvalue weighted by Gasteiger charge is 2.27. The summed E-state index contributed by atoms with van der Waals surface area (Å²) in [5.41, 5.74) is 0.968.